The van der Waals surface area contributed by atoms with Crippen LogP contribution in [0, 0.1) is 11.7 Å². The van der Waals surface area contributed by atoms with Crippen LogP contribution in [0.2, 0.25) is 0 Å². The van der Waals surface area contributed by atoms with Gasteiger partial charge in [0.15, 0.2) is 0 Å². The van der Waals surface area contributed by atoms with Gasteiger partial charge < -0.3 is 20.2 Å². The van der Waals surface area contributed by atoms with Gasteiger partial charge in [0.25, 0.3) is 0 Å². The first-order valence-electron chi connectivity index (χ1n) is 9.18. The SMILES string of the molecule is CN(C)C(=O)N1CCC[C@@H](CC(C)(C)NC[C@H](O)c2cncc(F)c2)C1. The lowest BCUT2D eigenvalue weighted by Crippen LogP contribution is -2.48. The molecule has 1 aromatic heterocycles. The van der Waals surface area contributed by atoms with Gasteiger partial charge in [-0.1, -0.05) is 0 Å². The molecule has 0 unspecified atom stereocenters. The van der Waals surface area contributed by atoms with Crippen LogP contribution in [0.4, 0.5) is 9.18 Å². The summed E-state index contributed by atoms with van der Waals surface area (Å²) in [6.45, 7) is 6.09. The topological polar surface area (TPSA) is 68.7 Å². The van der Waals surface area contributed by atoms with Crippen LogP contribution in [0.3, 0.4) is 0 Å². The van der Waals surface area contributed by atoms with E-state index in [0.717, 1.165) is 38.5 Å². The number of aliphatic hydroxyl groups excluding tert-OH is 1. The number of carbonyl (C=O) groups excluding carboxylic acids is 1. The lowest BCUT2D eigenvalue weighted by molar-refractivity contribution is 0.122. The number of piperidine rings is 1. The Kier molecular flexibility index (Phi) is 6.94. The maximum Gasteiger partial charge on any atom is 0.319 e. The van der Waals surface area contributed by atoms with Crippen molar-refractivity contribution in [3.63, 3.8) is 0 Å². The number of nitrogens with zero attached hydrogens (tertiary/aromatic N) is 3. The number of aliphatic hydroxyl groups is 1. The fraction of sp³-hybridized carbons (Fsp3) is 0.684. The first-order valence-corrected chi connectivity index (χ1v) is 9.18. The van der Waals surface area contributed by atoms with E-state index in [2.05, 4.69) is 24.1 Å². The number of rotatable bonds is 6. The lowest BCUT2D eigenvalue weighted by atomic mass is 9.85. The third-order valence-corrected chi connectivity index (χ3v) is 4.86. The summed E-state index contributed by atoms with van der Waals surface area (Å²) in [6, 6.07) is 1.37. The fourth-order valence-electron chi connectivity index (χ4n) is 3.58. The minimum absolute atomic E-state index is 0.0643. The van der Waals surface area contributed by atoms with Crippen LogP contribution in [-0.2, 0) is 0 Å². The summed E-state index contributed by atoms with van der Waals surface area (Å²) in [4.78, 5) is 19.5. The van der Waals surface area contributed by atoms with Crippen LogP contribution in [0.15, 0.2) is 18.5 Å². The molecular weight excluding hydrogens is 335 g/mol. The Bertz CT molecular complexity index is 609. The molecule has 146 valence electrons. The van der Waals surface area contributed by atoms with E-state index in [1.165, 1.54) is 12.3 Å². The monoisotopic (exact) mass is 366 g/mol. The molecule has 0 bridgehead atoms. The van der Waals surface area contributed by atoms with Crippen LogP contribution in [0.1, 0.15) is 44.8 Å². The second-order valence-corrected chi connectivity index (χ2v) is 8.05. The van der Waals surface area contributed by atoms with Crippen molar-refractivity contribution in [1.29, 1.82) is 0 Å². The van der Waals surface area contributed by atoms with E-state index in [1.807, 2.05) is 4.90 Å². The standard InChI is InChI=1S/C19H31FN4O2/c1-19(2,22-12-17(25)15-8-16(20)11-21-10-15)9-14-6-5-7-24(13-14)18(26)23(3)4/h8,10-11,14,17,22,25H,5-7,9,12-13H2,1-4H3/t14-,17-/m0/s1. The zero-order chi connectivity index (χ0) is 19.3. The summed E-state index contributed by atoms with van der Waals surface area (Å²) < 4.78 is 13.2. The Balaban J connectivity index is 1.86. The normalized spacial score (nSPS) is 19.3. The largest absolute Gasteiger partial charge is 0.387 e. The minimum atomic E-state index is -0.810. The molecule has 0 saturated carbocycles. The molecule has 6 nitrogen and oxygen atoms in total. The van der Waals surface area contributed by atoms with E-state index in [-0.39, 0.29) is 11.6 Å². The lowest BCUT2D eigenvalue weighted by Gasteiger charge is -2.38. The van der Waals surface area contributed by atoms with Crippen LogP contribution < -0.4 is 5.32 Å². The second kappa shape index (κ2) is 8.77. The van der Waals surface area contributed by atoms with Crippen molar-refractivity contribution in [3.8, 4) is 0 Å². The van der Waals surface area contributed by atoms with E-state index in [0.29, 0.717) is 18.0 Å². The van der Waals surface area contributed by atoms with Crippen molar-refractivity contribution >= 4 is 6.03 Å². The molecule has 0 spiro atoms. The van der Waals surface area contributed by atoms with Crippen molar-refractivity contribution < 1.29 is 14.3 Å². The third kappa shape index (κ3) is 5.92. The Morgan fingerprint density at radius 3 is 2.88 bits per heavy atom. The molecule has 1 aliphatic heterocycles. The van der Waals surface area contributed by atoms with E-state index < -0.39 is 11.9 Å². The molecular formula is C19H31FN4O2. The second-order valence-electron chi connectivity index (χ2n) is 8.05. The molecule has 1 aromatic rings. The van der Waals surface area contributed by atoms with Crippen LogP contribution in [-0.4, -0.2) is 65.2 Å². The molecule has 2 rings (SSSR count). The van der Waals surface area contributed by atoms with Gasteiger partial charge in [-0.2, -0.15) is 0 Å². The first kappa shape index (κ1) is 20.6. The van der Waals surface area contributed by atoms with Gasteiger partial charge in [-0.15, -0.1) is 0 Å². The van der Waals surface area contributed by atoms with Gasteiger partial charge in [0.05, 0.1) is 12.3 Å². The van der Waals surface area contributed by atoms with E-state index in [1.54, 1.807) is 19.0 Å². The molecule has 1 fully saturated rings. The fourth-order valence-corrected chi connectivity index (χ4v) is 3.58. The Morgan fingerprint density at radius 2 is 2.23 bits per heavy atom. The smallest absolute Gasteiger partial charge is 0.319 e. The van der Waals surface area contributed by atoms with Gasteiger partial charge in [0.1, 0.15) is 5.82 Å². The molecule has 7 heteroatoms. The quantitative estimate of drug-likeness (QED) is 0.811. The summed E-state index contributed by atoms with van der Waals surface area (Å²) in [6.07, 6.45) is 4.80. The molecule has 1 aliphatic rings. The van der Waals surface area contributed by atoms with Crippen molar-refractivity contribution in [2.24, 2.45) is 5.92 Å². The molecule has 1 saturated heterocycles. The Hall–Kier alpha value is -1.73. The number of likely N-dealkylation sites (tertiary alicyclic amines) is 1. The highest BCUT2D eigenvalue weighted by atomic mass is 19.1. The number of hydrogen-bond acceptors (Lipinski definition) is 4. The number of urea groups is 1. The van der Waals surface area contributed by atoms with E-state index >= 15 is 0 Å². The van der Waals surface area contributed by atoms with Gasteiger partial charge in [-0.3, -0.25) is 4.98 Å². The van der Waals surface area contributed by atoms with Gasteiger partial charge >= 0.3 is 6.03 Å². The van der Waals surface area contributed by atoms with Crippen molar-refractivity contribution in [1.82, 2.24) is 20.1 Å². The molecule has 0 radical (unpaired) electrons. The molecule has 0 aliphatic carbocycles. The molecule has 26 heavy (non-hydrogen) atoms. The van der Waals surface area contributed by atoms with Gasteiger partial charge in [-0.25, -0.2) is 9.18 Å². The molecule has 0 aromatic carbocycles. The minimum Gasteiger partial charge on any atom is -0.387 e. The summed E-state index contributed by atoms with van der Waals surface area (Å²) in [5, 5.41) is 13.6. The molecule has 2 N–H and O–H groups in total. The molecule has 2 heterocycles. The molecule has 2 amide bonds. The number of carbonyl (C=O) groups is 1. The van der Waals surface area contributed by atoms with Crippen LogP contribution >= 0.6 is 0 Å². The predicted octanol–water partition coefficient (Wildman–Crippen LogP) is 2.41. The Morgan fingerprint density at radius 1 is 1.50 bits per heavy atom. The highest BCUT2D eigenvalue weighted by Crippen LogP contribution is 2.26. The first-order chi connectivity index (χ1) is 12.2. The van der Waals surface area contributed by atoms with Gasteiger partial charge in [0.2, 0.25) is 0 Å². The van der Waals surface area contributed by atoms with Gasteiger partial charge in [-0.05, 0) is 45.1 Å². The van der Waals surface area contributed by atoms with Crippen molar-refractivity contribution in [2.45, 2.75) is 44.8 Å². The summed E-state index contributed by atoms with van der Waals surface area (Å²) in [5.74, 6) is -0.0307. The highest BCUT2D eigenvalue weighted by Gasteiger charge is 2.29. The van der Waals surface area contributed by atoms with E-state index in [4.69, 9.17) is 0 Å². The average molecular weight is 366 g/mol. The number of halogens is 1. The number of nitrogens with one attached hydrogen (secondary N) is 1. The van der Waals surface area contributed by atoms with Crippen LogP contribution in [0.25, 0.3) is 0 Å². The number of β-amino-alcohol motifs (C(OH)–C–C–N with tert-alkyl or cyclic N) is 1. The van der Waals surface area contributed by atoms with Crippen molar-refractivity contribution in [3.05, 3.63) is 29.8 Å². The van der Waals surface area contributed by atoms with Crippen LogP contribution in [0.5, 0.6) is 0 Å². The summed E-state index contributed by atoms with van der Waals surface area (Å²) >= 11 is 0. The zero-order valence-corrected chi connectivity index (χ0v) is 16.2. The maximum atomic E-state index is 13.2. The zero-order valence-electron chi connectivity index (χ0n) is 16.2. The Labute approximate surface area is 155 Å². The number of hydrogen-bond donors (Lipinski definition) is 2. The molecule has 2 atom stereocenters. The average Bonchev–Trinajstić information content (AvgIpc) is 2.58. The highest BCUT2D eigenvalue weighted by molar-refractivity contribution is 5.73. The van der Waals surface area contributed by atoms with E-state index in [9.17, 15) is 14.3 Å². The van der Waals surface area contributed by atoms with Crippen molar-refractivity contribution in [2.75, 3.05) is 33.7 Å². The third-order valence-electron chi connectivity index (χ3n) is 4.86. The number of aromatic nitrogens is 1. The van der Waals surface area contributed by atoms with Gasteiger partial charge in [0, 0.05) is 51.0 Å². The number of amides is 2. The predicted molar refractivity (Wildman–Crippen MR) is 99.2 cm³/mol. The number of pyridine rings is 1. The summed E-state index contributed by atoms with van der Waals surface area (Å²) in [7, 11) is 3.56. The maximum absolute atomic E-state index is 13.2. The summed E-state index contributed by atoms with van der Waals surface area (Å²) in [5.41, 5.74) is 0.269.